The highest BCUT2D eigenvalue weighted by Crippen LogP contribution is 2.38. The lowest BCUT2D eigenvalue weighted by molar-refractivity contribution is 0.473. The number of phenols is 1. The number of phenolic OH excluding ortho intramolecular Hbond substituents is 1. The van der Waals surface area contributed by atoms with E-state index in [1.54, 1.807) is 24.3 Å². The molecule has 0 heterocycles. The highest BCUT2D eigenvalue weighted by atomic mass is 79.9. The number of azo groups is 1. The molecule has 0 spiro atoms. The van der Waals surface area contributed by atoms with Gasteiger partial charge in [-0.15, -0.1) is 5.11 Å². The molecule has 0 bridgehead atoms. The highest BCUT2D eigenvalue weighted by molar-refractivity contribution is 9.10. The maximum absolute atomic E-state index is 9.81. The van der Waals surface area contributed by atoms with Gasteiger partial charge in [0, 0.05) is 9.50 Å². The van der Waals surface area contributed by atoms with E-state index >= 15 is 0 Å². The lowest BCUT2D eigenvalue weighted by Crippen LogP contribution is -1.73. The lowest BCUT2D eigenvalue weighted by atomic mass is 10.3. The van der Waals surface area contributed by atoms with Gasteiger partial charge in [0.1, 0.15) is 5.69 Å². The van der Waals surface area contributed by atoms with Crippen LogP contribution < -0.4 is 0 Å². The summed E-state index contributed by atoms with van der Waals surface area (Å²) in [5, 5.41) is 18.7. The van der Waals surface area contributed by atoms with E-state index < -0.39 is 0 Å². The summed E-state index contributed by atoms with van der Waals surface area (Å²) in [4.78, 5) is 0. The van der Waals surface area contributed by atoms with Crippen molar-refractivity contribution in [2.24, 2.45) is 10.2 Å². The van der Waals surface area contributed by atoms with E-state index in [2.05, 4.69) is 42.1 Å². The third kappa shape index (κ3) is 3.69. The molecule has 19 heavy (non-hydrogen) atoms. The zero-order chi connectivity index (χ0) is 14.0. The van der Waals surface area contributed by atoms with Crippen LogP contribution in [0, 0.1) is 0 Å². The smallest absolute Gasteiger partial charge is 0.157 e. The molecular formula is C12H6Br2Cl2N2O. The first kappa shape index (κ1) is 14.8. The molecule has 0 saturated carbocycles. The van der Waals surface area contributed by atoms with Crippen molar-refractivity contribution in [3.8, 4) is 5.75 Å². The summed E-state index contributed by atoms with van der Waals surface area (Å²) >= 11 is 18.3. The van der Waals surface area contributed by atoms with Gasteiger partial charge in [-0.3, -0.25) is 0 Å². The number of halogens is 4. The van der Waals surface area contributed by atoms with Crippen molar-refractivity contribution in [1.82, 2.24) is 0 Å². The molecule has 2 rings (SSSR count). The number of hydrogen-bond donors (Lipinski definition) is 1. The minimum absolute atomic E-state index is 0.0173. The minimum atomic E-state index is -0.0173. The molecule has 0 aliphatic heterocycles. The van der Waals surface area contributed by atoms with Gasteiger partial charge in [-0.2, -0.15) is 5.11 Å². The number of nitrogens with zero attached hydrogens (tertiary/aromatic N) is 2. The normalized spacial score (nSPS) is 11.2. The highest BCUT2D eigenvalue weighted by Gasteiger charge is 2.07. The van der Waals surface area contributed by atoms with Gasteiger partial charge in [-0.25, -0.2) is 0 Å². The Kier molecular flexibility index (Phi) is 4.84. The Morgan fingerprint density at radius 2 is 1.68 bits per heavy atom. The topological polar surface area (TPSA) is 45.0 Å². The molecule has 0 amide bonds. The molecule has 0 aliphatic rings. The van der Waals surface area contributed by atoms with Crippen LogP contribution in [0.25, 0.3) is 0 Å². The van der Waals surface area contributed by atoms with Crippen LogP contribution in [0.5, 0.6) is 5.75 Å². The minimum Gasteiger partial charge on any atom is -0.505 e. The van der Waals surface area contributed by atoms with Crippen molar-refractivity contribution in [1.29, 1.82) is 0 Å². The second kappa shape index (κ2) is 6.22. The molecular weight excluding hydrogens is 419 g/mol. The second-order valence-electron chi connectivity index (χ2n) is 3.55. The number of rotatable bonds is 2. The van der Waals surface area contributed by atoms with E-state index in [-0.39, 0.29) is 11.4 Å². The van der Waals surface area contributed by atoms with Crippen LogP contribution in [-0.2, 0) is 0 Å². The van der Waals surface area contributed by atoms with Crippen LogP contribution in [0.15, 0.2) is 49.5 Å². The van der Waals surface area contributed by atoms with Crippen molar-refractivity contribution in [2.45, 2.75) is 0 Å². The number of hydrogen-bond acceptors (Lipinski definition) is 3. The van der Waals surface area contributed by atoms with Gasteiger partial charge in [0.15, 0.2) is 5.75 Å². The SMILES string of the molecule is Oc1c(Br)cc(Cl)cc1N=Nc1ccc(Br)c(Cl)c1. The maximum atomic E-state index is 9.81. The van der Waals surface area contributed by atoms with E-state index in [0.29, 0.717) is 20.2 Å². The van der Waals surface area contributed by atoms with Crippen molar-refractivity contribution < 1.29 is 5.11 Å². The summed E-state index contributed by atoms with van der Waals surface area (Å²) in [7, 11) is 0. The Balaban J connectivity index is 2.35. The summed E-state index contributed by atoms with van der Waals surface area (Å²) in [6.45, 7) is 0. The number of benzene rings is 2. The standard InChI is InChI=1S/C12H6Br2Cl2N2O/c13-8-2-1-7(5-10(8)16)17-18-11-4-6(15)3-9(14)12(11)19/h1-5,19H. The van der Waals surface area contributed by atoms with Gasteiger partial charge in [0.25, 0.3) is 0 Å². The van der Waals surface area contributed by atoms with Crippen molar-refractivity contribution in [3.05, 3.63) is 49.3 Å². The molecule has 1 N–H and O–H groups in total. The Morgan fingerprint density at radius 1 is 0.947 bits per heavy atom. The van der Waals surface area contributed by atoms with E-state index in [1.807, 2.05) is 0 Å². The van der Waals surface area contributed by atoms with E-state index in [4.69, 9.17) is 23.2 Å². The largest absolute Gasteiger partial charge is 0.505 e. The zero-order valence-corrected chi connectivity index (χ0v) is 13.9. The molecule has 7 heteroatoms. The third-order valence-electron chi connectivity index (χ3n) is 2.18. The Labute approximate surface area is 136 Å². The third-order valence-corrected chi connectivity index (χ3v) is 4.24. The van der Waals surface area contributed by atoms with Gasteiger partial charge < -0.3 is 5.11 Å². The van der Waals surface area contributed by atoms with E-state index in [1.165, 1.54) is 6.07 Å². The fraction of sp³-hybridized carbons (Fsp3) is 0. The predicted molar refractivity (Wildman–Crippen MR) is 84.1 cm³/mol. The van der Waals surface area contributed by atoms with Crippen molar-refractivity contribution in [2.75, 3.05) is 0 Å². The van der Waals surface area contributed by atoms with Crippen LogP contribution in [0.3, 0.4) is 0 Å². The van der Waals surface area contributed by atoms with Crippen molar-refractivity contribution in [3.63, 3.8) is 0 Å². The molecule has 0 unspecified atom stereocenters. The zero-order valence-electron chi connectivity index (χ0n) is 9.24. The monoisotopic (exact) mass is 422 g/mol. The fourth-order valence-corrected chi connectivity index (χ4v) is 2.50. The van der Waals surface area contributed by atoms with Crippen molar-refractivity contribution >= 4 is 66.4 Å². The molecule has 2 aromatic carbocycles. The molecule has 0 aromatic heterocycles. The van der Waals surface area contributed by atoms with Crippen LogP contribution in [0.1, 0.15) is 0 Å². The molecule has 2 aromatic rings. The summed E-state index contributed by atoms with van der Waals surface area (Å²) in [6, 6.07) is 8.27. The lowest BCUT2D eigenvalue weighted by Gasteiger charge is -2.02. The maximum Gasteiger partial charge on any atom is 0.157 e. The fourth-order valence-electron chi connectivity index (χ4n) is 1.29. The number of aromatic hydroxyl groups is 1. The van der Waals surface area contributed by atoms with Crippen LogP contribution in [-0.4, -0.2) is 5.11 Å². The quantitative estimate of drug-likeness (QED) is 0.539. The molecule has 3 nitrogen and oxygen atoms in total. The van der Waals surface area contributed by atoms with Crippen LogP contribution in [0.4, 0.5) is 11.4 Å². The van der Waals surface area contributed by atoms with Crippen LogP contribution >= 0.6 is 55.1 Å². The first-order chi connectivity index (χ1) is 8.97. The molecule has 0 atom stereocenters. The first-order valence-electron chi connectivity index (χ1n) is 5.02. The Bertz CT molecular complexity index is 662. The van der Waals surface area contributed by atoms with Crippen LogP contribution in [0.2, 0.25) is 10.0 Å². The van der Waals surface area contributed by atoms with Gasteiger partial charge in [-0.1, -0.05) is 23.2 Å². The average molecular weight is 425 g/mol. The second-order valence-corrected chi connectivity index (χ2v) is 6.11. The predicted octanol–water partition coefficient (Wildman–Crippen LogP) is 6.64. The Hall–Kier alpha value is -0.620. The van der Waals surface area contributed by atoms with Gasteiger partial charge in [-0.05, 0) is 62.2 Å². The average Bonchev–Trinajstić information content (AvgIpc) is 2.36. The summed E-state index contributed by atoms with van der Waals surface area (Å²) < 4.78 is 1.24. The first-order valence-corrected chi connectivity index (χ1v) is 7.36. The van der Waals surface area contributed by atoms with E-state index in [9.17, 15) is 5.11 Å². The van der Waals surface area contributed by atoms with Gasteiger partial charge in [0.05, 0.1) is 15.2 Å². The molecule has 98 valence electrons. The summed E-state index contributed by atoms with van der Waals surface area (Å²) in [5.41, 5.74) is 0.849. The molecule has 0 radical (unpaired) electrons. The molecule has 0 saturated heterocycles. The van der Waals surface area contributed by atoms with E-state index in [0.717, 1.165) is 4.47 Å². The van der Waals surface area contributed by atoms with Gasteiger partial charge >= 0.3 is 0 Å². The molecule has 0 aliphatic carbocycles. The summed E-state index contributed by atoms with van der Waals surface area (Å²) in [5.74, 6) is -0.0173. The van der Waals surface area contributed by atoms with Gasteiger partial charge in [0.2, 0.25) is 0 Å². The molecule has 0 fully saturated rings. The Morgan fingerprint density at radius 3 is 2.37 bits per heavy atom. The summed E-state index contributed by atoms with van der Waals surface area (Å²) in [6.07, 6.45) is 0.